The lowest BCUT2D eigenvalue weighted by atomic mass is 10.1. The zero-order valence-corrected chi connectivity index (χ0v) is 13.0. The number of nitro groups is 1. The van der Waals surface area contributed by atoms with Crippen LogP contribution in [0.15, 0.2) is 36.7 Å². The highest BCUT2D eigenvalue weighted by molar-refractivity contribution is 5.96. The van der Waals surface area contributed by atoms with E-state index in [9.17, 15) is 10.1 Å². The molecular formula is C16H17N5O2. The molecule has 0 unspecified atom stereocenters. The molecule has 1 N–H and O–H groups in total. The van der Waals surface area contributed by atoms with Gasteiger partial charge in [-0.15, -0.1) is 0 Å². The first-order chi connectivity index (χ1) is 11.0. The standard InChI is InChI=1S/C16H17N5O2/c1-11-9-18-20(10-11)7-6-17-14-8-12(2)19-16-13(14)4-3-5-15(16)21(22)23/h3-5,8-10H,6-7H2,1-2H3,(H,17,19). The van der Waals surface area contributed by atoms with E-state index < -0.39 is 4.92 Å². The van der Waals surface area contributed by atoms with Crippen molar-refractivity contribution in [3.05, 3.63) is 58.0 Å². The van der Waals surface area contributed by atoms with Gasteiger partial charge in [0.1, 0.15) is 0 Å². The average Bonchev–Trinajstić information content (AvgIpc) is 2.91. The van der Waals surface area contributed by atoms with E-state index in [1.54, 1.807) is 6.07 Å². The molecule has 0 aliphatic rings. The topological polar surface area (TPSA) is 85.9 Å². The van der Waals surface area contributed by atoms with E-state index in [2.05, 4.69) is 15.4 Å². The fourth-order valence-electron chi connectivity index (χ4n) is 2.55. The highest BCUT2D eigenvalue weighted by atomic mass is 16.6. The normalized spacial score (nSPS) is 10.9. The number of aryl methyl sites for hydroxylation is 2. The molecular weight excluding hydrogens is 294 g/mol. The molecule has 0 fully saturated rings. The summed E-state index contributed by atoms with van der Waals surface area (Å²) in [6, 6.07) is 6.90. The van der Waals surface area contributed by atoms with Crippen LogP contribution >= 0.6 is 0 Å². The summed E-state index contributed by atoms with van der Waals surface area (Å²) in [5.74, 6) is 0. The number of anilines is 1. The fraction of sp³-hybridized carbons (Fsp3) is 0.250. The molecule has 0 aliphatic heterocycles. The Balaban J connectivity index is 1.88. The summed E-state index contributed by atoms with van der Waals surface area (Å²) in [7, 11) is 0. The van der Waals surface area contributed by atoms with E-state index in [1.165, 1.54) is 6.07 Å². The van der Waals surface area contributed by atoms with Gasteiger partial charge in [-0.05, 0) is 25.5 Å². The van der Waals surface area contributed by atoms with E-state index in [1.807, 2.05) is 43.1 Å². The highest BCUT2D eigenvalue weighted by Gasteiger charge is 2.15. The number of fused-ring (bicyclic) bond motifs is 1. The van der Waals surface area contributed by atoms with Crippen LogP contribution in [0.4, 0.5) is 11.4 Å². The molecule has 2 heterocycles. The van der Waals surface area contributed by atoms with E-state index in [-0.39, 0.29) is 5.69 Å². The monoisotopic (exact) mass is 311 g/mol. The number of rotatable bonds is 5. The summed E-state index contributed by atoms with van der Waals surface area (Å²) in [5.41, 5.74) is 3.14. The van der Waals surface area contributed by atoms with Crippen molar-refractivity contribution in [1.82, 2.24) is 14.8 Å². The summed E-state index contributed by atoms with van der Waals surface area (Å²) in [6.07, 6.45) is 3.79. The van der Waals surface area contributed by atoms with Crippen LogP contribution in [-0.4, -0.2) is 26.2 Å². The quantitative estimate of drug-likeness (QED) is 0.578. The van der Waals surface area contributed by atoms with Crippen molar-refractivity contribution < 1.29 is 4.92 Å². The van der Waals surface area contributed by atoms with Crippen molar-refractivity contribution in [2.45, 2.75) is 20.4 Å². The smallest absolute Gasteiger partial charge is 0.295 e. The number of hydrogen-bond donors (Lipinski definition) is 1. The van der Waals surface area contributed by atoms with E-state index in [0.717, 1.165) is 22.3 Å². The average molecular weight is 311 g/mol. The van der Waals surface area contributed by atoms with Crippen molar-refractivity contribution in [3.63, 3.8) is 0 Å². The number of pyridine rings is 1. The molecule has 0 amide bonds. The van der Waals surface area contributed by atoms with E-state index >= 15 is 0 Å². The minimum atomic E-state index is -0.398. The Morgan fingerprint density at radius 3 is 2.87 bits per heavy atom. The van der Waals surface area contributed by atoms with Gasteiger partial charge in [0.25, 0.3) is 5.69 Å². The van der Waals surface area contributed by atoms with Gasteiger partial charge in [0, 0.05) is 35.6 Å². The fourth-order valence-corrected chi connectivity index (χ4v) is 2.55. The van der Waals surface area contributed by atoms with Gasteiger partial charge in [-0.3, -0.25) is 14.8 Å². The number of nitrogens with one attached hydrogen (secondary N) is 1. The Labute approximate surface area is 133 Å². The molecule has 2 aromatic heterocycles. The van der Waals surface area contributed by atoms with Gasteiger partial charge in [0.15, 0.2) is 5.52 Å². The molecule has 0 atom stereocenters. The van der Waals surface area contributed by atoms with Crippen molar-refractivity contribution in [2.24, 2.45) is 0 Å². The lowest BCUT2D eigenvalue weighted by Gasteiger charge is -2.11. The zero-order chi connectivity index (χ0) is 16.4. The second-order valence-corrected chi connectivity index (χ2v) is 5.45. The van der Waals surface area contributed by atoms with Crippen LogP contribution < -0.4 is 5.32 Å². The number of para-hydroxylation sites is 1. The Morgan fingerprint density at radius 1 is 1.35 bits per heavy atom. The van der Waals surface area contributed by atoms with Crippen LogP contribution in [0.5, 0.6) is 0 Å². The van der Waals surface area contributed by atoms with E-state index in [4.69, 9.17) is 0 Å². The number of non-ortho nitro benzene ring substituents is 1. The molecule has 7 heteroatoms. The summed E-state index contributed by atoms with van der Waals surface area (Å²) < 4.78 is 1.86. The van der Waals surface area contributed by atoms with Gasteiger partial charge < -0.3 is 5.32 Å². The maximum Gasteiger partial charge on any atom is 0.295 e. The number of aromatic nitrogens is 3. The summed E-state index contributed by atoms with van der Waals surface area (Å²) in [4.78, 5) is 15.1. The molecule has 0 bridgehead atoms. The third-order valence-corrected chi connectivity index (χ3v) is 3.56. The minimum Gasteiger partial charge on any atom is -0.383 e. The van der Waals surface area contributed by atoms with Crippen LogP contribution in [0.25, 0.3) is 10.9 Å². The Morgan fingerprint density at radius 2 is 2.17 bits per heavy atom. The second-order valence-electron chi connectivity index (χ2n) is 5.45. The van der Waals surface area contributed by atoms with E-state index in [0.29, 0.717) is 18.6 Å². The van der Waals surface area contributed by atoms with Crippen LogP contribution in [0, 0.1) is 24.0 Å². The molecule has 0 saturated carbocycles. The van der Waals surface area contributed by atoms with Crippen molar-refractivity contribution in [1.29, 1.82) is 0 Å². The van der Waals surface area contributed by atoms with Gasteiger partial charge >= 0.3 is 0 Å². The van der Waals surface area contributed by atoms with Gasteiger partial charge in [0.2, 0.25) is 0 Å². The number of nitro benzene ring substituents is 1. The predicted octanol–water partition coefficient (Wildman–Crippen LogP) is 3.07. The zero-order valence-electron chi connectivity index (χ0n) is 13.0. The molecule has 118 valence electrons. The number of benzene rings is 1. The third-order valence-electron chi connectivity index (χ3n) is 3.56. The third kappa shape index (κ3) is 3.13. The number of nitrogens with zero attached hydrogens (tertiary/aromatic N) is 4. The molecule has 0 saturated heterocycles. The first-order valence-electron chi connectivity index (χ1n) is 7.32. The molecule has 7 nitrogen and oxygen atoms in total. The highest BCUT2D eigenvalue weighted by Crippen LogP contribution is 2.29. The van der Waals surface area contributed by atoms with Crippen LogP contribution in [0.2, 0.25) is 0 Å². The maximum atomic E-state index is 11.2. The largest absolute Gasteiger partial charge is 0.383 e. The summed E-state index contributed by atoms with van der Waals surface area (Å²) in [6.45, 7) is 5.21. The lowest BCUT2D eigenvalue weighted by Crippen LogP contribution is -2.11. The molecule has 0 spiro atoms. The molecule has 0 aliphatic carbocycles. The van der Waals surface area contributed by atoms with Crippen molar-refractivity contribution in [3.8, 4) is 0 Å². The predicted molar refractivity (Wildman–Crippen MR) is 88.6 cm³/mol. The minimum absolute atomic E-state index is 0.0250. The van der Waals surface area contributed by atoms with Crippen LogP contribution in [0.1, 0.15) is 11.3 Å². The Kier molecular flexibility index (Phi) is 3.92. The summed E-state index contributed by atoms with van der Waals surface area (Å²) in [5, 5.41) is 19.5. The van der Waals surface area contributed by atoms with Gasteiger partial charge in [-0.25, -0.2) is 4.98 Å². The van der Waals surface area contributed by atoms with Crippen molar-refractivity contribution >= 4 is 22.3 Å². The first kappa shape index (κ1) is 15.0. The van der Waals surface area contributed by atoms with Crippen molar-refractivity contribution in [2.75, 3.05) is 11.9 Å². The SMILES string of the molecule is Cc1cnn(CCNc2cc(C)nc3c([N+](=O)[O-])cccc23)c1. The molecule has 23 heavy (non-hydrogen) atoms. The molecule has 3 rings (SSSR count). The molecule has 0 radical (unpaired) electrons. The van der Waals surface area contributed by atoms with Gasteiger partial charge in [0.05, 0.1) is 17.7 Å². The van der Waals surface area contributed by atoms with Gasteiger partial charge in [-0.1, -0.05) is 12.1 Å². The summed E-state index contributed by atoms with van der Waals surface area (Å²) >= 11 is 0. The van der Waals surface area contributed by atoms with Crippen LogP contribution in [0.3, 0.4) is 0 Å². The Bertz CT molecular complexity index is 872. The molecule has 1 aromatic carbocycles. The Hall–Kier alpha value is -2.96. The number of hydrogen-bond acceptors (Lipinski definition) is 5. The molecule has 3 aromatic rings. The second kappa shape index (κ2) is 6.04. The lowest BCUT2D eigenvalue weighted by molar-refractivity contribution is -0.383. The van der Waals surface area contributed by atoms with Crippen LogP contribution in [-0.2, 0) is 6.54 Å². The maximum absolute atomic E-state index is 11.2. The first-order valence-corrected chi connectivity index (χ1v) is 7.32. The van der Waals surface area contributed by atoms with Gasteiger partial charge in [-0.2, -0.15) is 5.10 Å².